The van der Waals surface area contributed by atoms with Gasteiger partial charge in [-0.2, -0.15) is 5.10 Å². The molecule has 1 aromatic carbocycles. The summed E-state index contributed by atoms with van der Waals surface area (Å²) in [6.07, 6.45) is 3.74. The Morgan fingerprint density at radius 3 is 2.96 bits per heavy atom. The van der Waals surface area contributed by atoms with Crippen LogP contribution in [0.25, 0.3) is 0 Å². The minimum atomic E-state index is -3.29. The number of phenols is 1. The first-order valence-corrected chi connectivity index (χ1v) is 9.68. The summed E-state index contributed by atoms with van der Waals surface area (Å²) in [4.78, 5) is 12.1. The smallest absolute Gasteiger partial charge is 0.244 e. The summed E-state index contributed by atoms with van der Waals surface area (Å²) in [5, 5.41) is 13.5. The molecule has 1 saturated heterocycles. The van der Waals surface area contributed by atoms with Gasteiger partial charge in [0.25, 0.3) is 0 Å². The molecule has 1 aliphatic rings. The van der Waals surface area contributed by atoms with Crippen LogP contribution in [0.15, 0.2) is 27.8 Å². The van der Waals surface area contributed by atoms with E-state index in [0.29, 0.717) is 24.9 Å². The molecular weight excluding hydrogens is 386 g/mol. The van der Waals surface area contributed by atoms with E-state index in [-0.39, 0.29) is 18.2 Å². The number of nitrogens with zero attached hydrogens (tertiary/aromatic N) is 2. The van der Waals surface area contributed by atoms with E-state index in [2.05, 4.69) is 26.5 Å². The number of halogens is 1. The van der Waals surface area contributed by atoms with Crippen LogP contribution in [-0.4, -0.2) is 49.3 Å². The summed E-state index contributed by atoms with van der Waals surface area (Å²) in [5.74, 6) is -0.706. The number of phenolic OH excluding ortho intramolecular Hbond substituents is 1. The van der Waals surface area contributed by atoms with Crippen molar-refractivity contribution in [1.29, 1.82) is 0 Å². The largest absolute Gasteiger partial charge is 0.507 e. The van der Waals surface area contributed by atoms with E-state index in [1.807, 2.05) is 0 Å². The third-order valence-corrected chi connectivity index (χ3v) is 5.35. The number of rotatable bonds is 4. The molecule has 0 bridgehead atoms. The Labute approximate surface area is 143 Å². The van der Waals surface area contributed by atoms with Crippen LogP contribution in [-0.2, 0) is 14.8 Å². The van der Waals surface area contributed by atoms with Crippen LogP contribution < -0.4 is 5.43 Å². The maximum absolute atomic E-state index is 12.1. The van der Waals surface area contributed by atoms with Crippen molar-refractivity contribution in [2.24, 2.45) is 11.0 Å². The van der Waals surface area contributed by atoms with E-state index >= 15 is 0 Å². The quantitative estimate of drug-likeness (QED) is 0.583. The van der Waals surface area contributed by atoms with Crippen LogP contribution in [0.5, 0.6) is 5.75 Å². The zero-order valence-corrected chi connectivity index (χ0v) is 15.0. The van der Waals surface area contributed by atoms with Crippen molar-refractivity contribution < 1.29 is 18.3 Å². The van der Waals surface area contributed by atoms with Gasteiger partial charge in [-0.3, -0.25) is 4.79 Å². The number of nitrogens with one attached hydrogen (secondary N) is 1. The van der Waals surface area contributed by atoms with Crippen LogP contribution in [0.2, 0.25) is 0 Å². The number of aromatic hydroxyl groups is 1. The highest BCUT2D eigenvalue weighted by molar-refractivity contribution is 9.10. The molecule has 0 aromatic heterocycles. The minimum absolute atomic E-state index is 0.0483. The molecule has 0 spiro atoms. The van der Waals surface area contributed by atoms with Gasteiger partial charge in [0.2, 0.25) is 15.9 Å². The van der Waals surface area contributed by atoms with Crippen molar-refractivity contribution in [2.75, 3.05) is 19.3 Å². The Morgan fingerprint density at radius 1 is 1.52 bits per heavy atom. The number of benzene rings is 1. The number of hydrazone groups is 1. The molecule has 9 heteroatoms. The molecule has 1 heterocycles. The van der Waals surface area contributed by atoms with E-state index in [0.717, 1.165) is 10.7 Å². The molecule has 126 valence electrons. The predicted molar refractivity (Wildman–Crippen MR) is 90.7 cm³/mol. The first-order valence-electron chi connectivity index (χ1n) is 7.04. The third kappa shape index (κ3) is 5.02. The second-order valence-electron chi connectivity index (χ2n) is 5.40. The number of carbonyl (C=O) groups excluding carboxylic acids is 1. The van der Waals surface area contributed by atoms with E-state index in [1.54, 1.807) is 12.1 Å². The molecule has 0 radical (unpaired) electrons. The lowest BCUT2D eigenvalue weighted by atomic mass is 9.99. The summed E-state index contributed by atoms with van der Waals surface area (Å²) in [6, 6.07) is 4.86. The van der Waals surface area contributed by atoms with Crippen molar-refractivity contribution in [1.82, 2.24) is 9.73 Å². The molecule has 23 heavy (non-hydrogen) atoms. The second kappa shape index (κ2) is 7.41. The third-order valence-electron chi connectivity index (χ3n) is 3.59. The Balaban J connectivity index is 1.96. The van der Waals surface area contributed by atoms with Crippen molar-refractivity contribution >= 4 is 38.1 Å². The van der Waals surface area contributed by atoms with Gasteiger partial charge < -0.3 is 5.11 Å². The van der Waals surface area contributed by atoms with Gasteiger partial charge in [-0.15, -0.1) is 0 Å². The van der Waals surface area contributed by atoms with Crippen LogP contribution in [0.3, 0.4) is 0 Å². The lowest BCUT2D eigenvalue weighted by molar-refractivity contribution is -0.126. The van der Waals surface area contributed by atoms with Crippen LogP contribution >= 0.6 is 15.9 Å². The maximum atomic E-state index is 12.1. The SMILES string of the molecule is CS(=O)(=O)N1CCCC(C(=O)NN=Cc2cc(Br)ccc2O)C1. The number of sulfonamides is 1. The minimum Gasteiger partial charge on any atom is -0.507 e. The lowest BCUT2D eigenvalue weighted by Gasteiger charge is -2.29. The number of hydrogen-bond donors (Lipinski definition) is 2. The van der Waals surface area contributed by atoms with Gasteiger partial charge in [0, 0.05) is 23.1 Å². The van der Waals surface area contributed by atoms with Gasteiger partial charge in [-0.1, -0.05) is 15.9 Å². The lowest BCUT2D eigenvalue weighted by Crippen LogP contribution is -2.44. The molecule has 1 amide bonds. The fraction of sp³-hybridized carbons (Fsp3) is 0.429. The van der Waals surface area contributed by atoms with Crippen molar-refractivity contribution in [3.8, 4) is 5.75 Å². The highest BCUT2D eigenvalue weighted by Crippen LogP contribution is 2.20. The summed E-state index contributed by atoms with van der Waals surface area (Å²) in [5.41, 5.74) is 2.86. The molecule has 1 atom stereocenters. The van der Waals surface area contributed by atoms with E-state index in [9.17, 15) is 18.3 Å². The Kier molecular flexibility index (Phi) is 5.77. The topological polar surface area (TPSA) is 99.1 Å². The Hall–Kier alpha value is -1.45. The number of amides is 1. The van der Waals surface area contributed by atoms with Crippen molar-refractivity contribution in [3.05, 3.63) is 28.2 Å². The normalized spacial score (nSPS) is 19.8. The fourth-order valence-corrected chi connectivity index (χ4v) is 3.63. The molecule has 2 N–H and O–H groups in total. The van der Waals surface area contributed by atoms with E-state index in [1.165, 1.54) is 16.6 Å². The summed E-state index contributed by atoms with van der Waals surface area (Å²) < 4.78 is 25.2. The molecule has 1 aromatic rings. The summed E-state index contributed by atoms with van der Waals surface area (Å²) >= 11 is 3.28. The van der Waals surface area contributed by atoms with Crippen molar-refractivity contribution in [2.45, 2.75) is 12.8 Å². The number of piperidine rings is 1. The molecule has 1 aliphatic heterocycles. The zero-order chi connectivity index (χ0) is 17.0. The van der Waals surface area contributed by atoms with Crippen molar-refractivity contribution in [3.63, 3.8) is 0 Å². The van der Waals surface area contributed by atoms with Gasteiger partial charge in [0.05, 0.1) is 18.4 Å². The highest BCUT2D eigenvalue weighted by Gasteiger charge is 2.29. The fourth-order valence-electron chi connectivity index (χ4n) is 2.34. The van der Waals surface area contributed by atoms with Crippen LogP contribution in [0, 0.1) is 5.92 Å². The molecule has 2 rings (SSSR count). The monoisotopic (exact) mass is 403 g/mol. The molecule has 7 nitrogen and oxygen atoms in total. The van der Waals surface area contributed by atoms with Gasteiger partial charge in [-0.25, -0.2) is 18.1 Å². The molecule has 0 aliphatic carbocycles. The average Bonchev–Trinajstić information content (AvgIpc) is 2.50. The zero-order valence-electron chi connectivity index (χ0n) is 12.6. The first kappa shape index (κ1) is 17.9. The number of carbonyl (C=O) groups is 1. The van der Waals surface area contributed by atoms with Gasteiger partial charge in [0.1, 0.15) is 5.75 Å². The first-order chi connectivity index (χ1) is 10.8. The average molecular weight is 404 g/mol. The van der Waals surface area contributed by atoms with Crippen LogP contribution in [0.4, 0.5) is 0 Å². The van der Waals surface area contributed by atoms with Gasteiger partial charge in [-0.05, 0) is 31.0 Å². The predicted octanol–water partition coefficient (Wildman–Crippen LogP) is 1.28. The highest BCUT2D eigenvalue weighted by atomic mass is 79.9. The summed E-state index contributed by atoms with van der Waals surface area (Å²) in [7, 11) is -3.29. The molecule has 1 unspecified atom stereocenters. The van der Waals surface area contributed by atoms with Gasteiger partial charge >= 0.3 is 0 Å². The molecule has 1 fully saturated rings. The standard InChI is InChI=1S/C14H18BrN3O4S/c1-23(21,22)18-6-2-3-10(9-18)14(20)17-16-8-11-7-12(15)4-5-13(11)19/h4-5,7-8,10,19H,2-3,6,9H2,1H3,(H,17,20). The summed E-state index contributed by atoms with van der Waals surface area (Å²) in [6.45, 7) is 0.611. The maximum Gasteiger partial charge on any atom is 0.244 e. The second-order valence-corrected chi connectivity index (χ2v) is 8.30. The molecule has 0 saturated carbocycles. The van der Waals surface area contributed by atoms with E-state index < -0.39 is 15.9 Å². The van der Waals surface area contributed by atoms with E-state index in [4.69, 9.17) is 0 Å². The number of hydrogen-bond acceptors (Lipinski definition) is 5. The van der Waals surface area contributed by atoms with Crippen LogP contribution in [0.1, 0.15) is 18.4 Å². The Morgan fingerprint density at radius 2 is 2.26 bits per heavy atom. The van der Waals surface area contributed by atoms with Gasteiger partial charge in [0.15, 0.2) is 0 Å². The molecular formula is C14H18BrN3O4S. The Bertz CT molecular complexity index is 721.